The Morgan fingerprint density at radius 3 is 2.61 bits per heavy atom. The molecule has 1 N–H and O–H groups in total. The number of aromatic nitrogens is 5. The molecule has 6 heteroatoms. The monoisotopic (exact) mass is 366 g/mol. The Labute approximate surface area is 161 Å². The number of para-hydroxylation sites is 1. The van der Waals surface area contributed by atoms with Gasteiger partial charge in [-0.3, -0.25) is 4.98 Å². The molecule has 0 atom stereocenters. The first-order valence-electron chi connectivity index (χ1n) is 9.09. The molecule has 3 aromatic heterocycles. The maximum Gasteiger partial charge on any atom is 0.228 e. The second-order valence-corrected chi connectivity index (χ2v) is 6.72. The van der Waals surface area contributed by atoms with E-state index in [0.717, 1.165) is 44.6 Å². The molecule has 0 bridgehead atoms. The molecule has 0 radical (unpaired) electrons. The van der Waals surface area contributed by atoms with E-state index in [2.05, 4.69) is 38.5 Å². The Morgan fingerprint density at radius 2 is 1.75 bits per heavy atom. The molecule has 2 aromatic carbocycles. The number of aryl methyl sites for hydroxylation is 2. The average Bonchev–Trinajstić information content (AvgIpc) is 3.06. The van der Waals surface area contributed by atoms with Crippen molar-refractivity contribution in [2.24, 2.45) is 0 Å². The third-order valence-corrected chi connectivity index (χ3v) is 4.80. The lowest BCUT2D eigenvalue weighted by molar-refractivity contribution is 0.890. The molecule has 0 unspecified atom stereocenters. The molecule has 3 heterocycles. The highest BCUT2D eigenvalue weighted by atomic mass is 15.3. The maximum atomic E-state index is 4.73. The van der Waals surface area contributed by atoms with Crippen LogP contribution < -0.4 is 5.32 Å². The molecule has 5 aromatic rings. The minimum absolute atomic E-state index is 0.561. The van der Waals surface area contributed by atoms with Gasteiger partial charge in [-0.1, -0.05) is 18.2 Å². The van der Waals surface area contributed by atoms with Crippen molar-refractivity contribution < 1.29 is 0 Å². The van der Waals surface area contributed by atoms with Crippen molar-refractivity contribution in [2.45, 2.75) is 13.8 Å². The fourth-order valence-electron chi connectivity index (χ4n) is 3.44. The zero-order valence-corrected chi connectivity index (χ0v) is 15.6. The Morgan fingerprint density at radius 1 is 0.857 bits per heavy atom. The summed E-state index contributed by atoms with van der Waals surface area (Å²) in [6.07, 6.45) is 3.48. The average molecular weight is 366 g/mol. The first-order valence-corrected chi connectivity index (χ1v) is 9.09. The van der Waals surface area contributed by atoms with E-state index < -0.39 is 0 Å². The summed E-state index contributed by atoms with van der Waals surface area (Å²) in [5, 5.41) is 10.1. The van der Waals surface area contributed by atoms with Gasteiger partial charge in [-0.05, 0) is 50.2 Å². The van der Waals surface area contributed by atoms with E-state index in [1.807, 2.05) is 54.9 Å². The van der Waals surface area contributed by atoms with Crippen LogP contribution in [-0.4, -0.2) is 24.7 Å². The van der Waals surface area contributed by atoms with E-state index in [0.29, 0.717) is 5.95 Å². The van der Waals surface area contributed by atoms with Crippen molar-refractivity contribution >= 4 is 33.4 Å². The number of benzene rings is 2. The minimum Gasteiger partial charge on any atom is -0.323 e. The highest BCUT2D eigenvalue weighted by Crippen LogP contribution is 2.25. The maximum absolute atomic E-state index is 4.73. The van der Waals surface area contributed by atoms with Crippen molar-refractivity contribution in [2.75, 3.05) is 5.32 Å². The summed E-state index contributed by atoms with van der Waals surface area (Å²) in [7, 11) is 0. The molecule has 0 fully saturated rings. The lowest BCUT2D eigenvalue weighted by Gasteiger charge is -2.10. The van der Waals surface area contributed by atoms with Gasteiger partial charge in [0, 0.05) is 17.0 Å². The number of pyridine rings is 1. The van der Waals surface area contributed by atoms with Gasteiger partial charge in [0.05, 0.1) is 40.0 Å². The Balaban J connectivity index is 1.60. The van der Waals surface area contributed by atoms with E-state index in [9.17, 15) is 0 Å². The number of fused-ring (bicyclic) bond motifs is 2. The molecule has 0 spiro atoms. The second-order valence-electron chi connectivity index (χ2n) is 6.72. The summed E-state index contributed by atoms with van der Waals surface area (Å²) in [5.74, 6) is 0.561. The van der Waals surface area contributed by atoms with Crippen LogP contribution in [0, 0.1) is 13.8 Å². The van der Waals surface area contributed by atoms with Gasteiger partial charge in [0.2, 0.25) is 5.95 Å². The SMILES string of the molecule is Cc1nc(Nc2cccnc2)nc2ccc(-n3nc(C)c4ccccc43)cc12. The lowest BCUT2D eigenvalue weighted by Crippen LogP contribution is -2.01. The van der Waals surface area contributed by atoms with Crippen LogP contribution in [0.15, 0.2) is 67.0 Å². The van der Waals surface area contributed by atoms with Gasteiger partial charge < -0.3 is 5.32 Å². The van der Waals surface area contributed by atoms with Crippen molar-refractivity contribution in [3.63, 3.8) is 0 Å². The summed E-state index contributed by atoms with van der Waals surface area (Å²) >= 11 is 0. The topological polar surface area (TPSA) is 68.5 Å². The van der Waals surface area contributed by atoms with Crippen LogP contribution in [0.4, 0.5) is 11.6 Å². The van der Waals surface area contributed by atoms with Crippen molar-refractivity contribution in [1.82, 2.24) is 24.7 Å². The molecule has 5 rings (SSSR count). The van der Waals surface area contributed by atoms with Gasteiger partial charge in [0.15, 0.2) is 0 Å². The molecule has 0 aliphatic rings. The van der Waals surface area contributed by atoms with Crippen LogP contribution in [0.3, 0.4) is 0 Å². The number of nitrogens with zero attached hydrogens (tertiary/aromatic N) is 5. The summed E-state index contributed by atoms with van der Waals surface area (Å²) in [5.41, 5.74) is 5.75. The van der Waals surface area contributed by atoms with E-state index in [1.54, 1.807) is 12.4 Å². The summed E-state index contributed by atoms with van der Waals surface area (Å²) in [6, 6.07) is 18.2. The lowest BCUT2D eigenvalue weighted by atomic mass is 10.1. The fraction of sp³-hybridized carbons (Fsp3) is 0.0909. The number of nitrogens with one attached hydrogen (secondary N) is 1. The van der Waals surface area contributed by atoms with E-state index in [1.165, 1.54) is 0 Å². The molecule has 136 valence electrons. The molecule has 0 aliphatic carbocycles. The van der Waals surface area contributed by atoms with Crippen LogP contribution >= 0.6 is 0 Å². The smallest absolute Gasteiger partial charge is 0.228 e. The molecule has 0 amide bonds. The molecule has 28 heavy (non-hydrogen) atoms. The zero-order chi connectivity index (χ0) is 19.1. The first-order chi connectivity index (χ1) is 13.7. The van der Waals surface area contributed by atoms with Gasteiger partial charge in [0.25, 0.3) is 0 Å². The highest BCUT2D eigenvalue weighted by Gasteiger charge is 2.11. The Hall–Kier alpha value is -3.80. The van der Waals surface area contributed by atoms with E-state index >= 15 is 0 Å². The first kappa shape index (κ1) is 16.4. The second kappa shape index (κ2) is 6.42. The van der Waals surface area contributed by atoms with Crippen LogP contribution in [0.5, 0.6) is 0 Å². The minimum atomic E-state index is 0.561. The predicted molar refractivity (Wildman–Crippen MR) is 111 cm³/mol. The third-order valence-electron chi connectivity index (χ3n) is 4.80. The van der Waals surface area contributed by atoms with Gasteiger partial charge in [0.1, 0.15) is 0 Å². The Kier molecular flexibility index (Phi) is 3.76. The molecule has 0 saturated heterocycles. The molecule has 0 saturated carbocycles. The normalized spacial score (nSPS) is 11.2. The van der Waals surface area contributed by atoms with Gasteiger partial charge >= 0.3 is 0 Å². The van der Waals surface area contributed by atoms with Gasteiger partial charge in [-0.25, -0.2) is 14.6 Å². The van der Waals surface area contributed by atoms with Crippen LogP contribution in [0.2, 0.25) is 0 Å². The van der Waals surface area contributed by atoms with Crippen molar-refractivity contribution in [3.8, 4) is 5.69 Å². The molecular formula is C22H18N6. The number of rotatable bonds is 3. The molecular weight excluding hydrogens is 348 g/mol. The third kappa shape index (κ3) is 2.75. The summed E-state index contributed by atoms with van der Waals surface area (Å²) < 4.78 is 1.98. The molecule has 6 nitrogen and oxygen atoms in total. The van der Waals surface area contributed by atoms with Crippen LogP contribution in [0.25, 0.3) is 27.5 Å². The highest BCUT2D eigenvalue weighted by molar-refractivity contribution is 5.87. The van der Waals surface area contributed by atoms with Gasteiger partial charge in [-0.15, -0.1) is 0 Å². The molecule has 0 aliphatic heterocycles. The summed E-state index contributed by atoms with van der Waals surface area (Å²) in [4.78, 5) is 13.4. The quantitative estimate of drug-likeness (QED) is 0.500. The number of anilines is 2. The van der Waals surface area contributed by atoms with Gasteiger partial charge in [-0.2, -0.15) is 5.10 Å². The standard InChI is InChI=1S/C22H18N6/c1-14-19-12-17(28-21-8-4-3-7-18(21)15(2)27-28)9-10-20(19)26-22(24-14)25-16-6-5-11-23-13-16/h3-13H,1-2H3,(H,24,25,26). The van der Waals surface area contributed by atoms with Crippen molar-refractivity contribution in [3.05, 3.63) is 78.4 Å². The number of hydrogen-bond acceptors (Lipinski definition) is 5. The summed E-state index contributed by atoms with van der Waals surface area (Å²) in [6.45, 7) is 4.03. The van der Waals surface area contributed by atoms with E-state index in [4.69, 9.17) is 5.10 Å². The van der Waals surface area contributed by atoms with Crippen molar-refractivity contribution in [1.29, 1.82) is 0 Å². The zero-order valence-electron chi connectivity index (χ0n) is 15.6. The number of hydrogen-bond donors (Lipinski definition) is 1. The van der Waals surface area contributed by atoms with Crippen LogP contribution in [-0.2, 0) is 0 Å². The largest absolute Gasteiger partial charge is 0.323 e. The fourth-order valence-corrected chi connectivity index (χ4v) is 3.44. The predicted octanol–water partition coefficient (Wildman–Crippen LogP) is 4.72. The Bertz CT molecular complexity index is 1310. The van der Waals surface area contributed by atoms with Crippen LogP contribution in [0.1, 0.15) is 11.4 Å². The van der Waals surface area contributed by atoms with E-state index in [-0.39, 0.29) is 0 Å².